The smallest absolute Gasteiger partial charge is 0.138 e. The van der Waals surface area contributed by atoms with Gasteiger partial charge >= 0.3 is 0 Å². The van der Waals surface area contributed by atoms with E-state index in [2.05, 4.69) is 48.3 Å². The quantitative estimate of drug-likeness (QED) is 0.878. The Morgan fingerprint density at radius 2 is 1.81 bits per heavy atom. The van der Waals surface area contributed by atoms with Crippen LogP contribution in [0.2, 0.25) is 0 Å². The molecule has 2 heterocycles. The summed E-state index contributed by atoms with van der Waals surface area (Å²) in [5.74, 6) is 3.45. The molecule has 0 amide bonds. The summed E-state index contributed by atoms with van der Waals surface area (Å²) in [7, 11) is 0. The highest BCUT2D eigenvalue weighted by Gasteiger charge is 2.21. The molecule has 0 aliphatic heterocycles. The van der Waals surface area contributed by atoms with Crippen LogP contribution in [0.15, 0.2) is 22.8 Å². The first-order chi connectivity index (χ1) is 9.91. The summed E-state index contributed by atoms with van der Waals surface area (Å²) in [5, 5.41) is 6.65. The summed E-state index contributed by atoms with van der Waals surface area (Å²) in [6, 6.07) is 3.83. The molecule has 0 spiro atoms. The monoisotopic (exact) mass is 288 g/mol. The standard InChI is InChI=1S/C16H24N4O/c1-6-17-13-11(2)14(18-10-12-8-7-9-21-12)20-15(19-13)16(3,4)5/h7-9H,6,10H2,1-5H3,(H2,17,18,19,20). The van der Waals surface area contributed by atoms with Crippen LogP contribution in [-0.4, -0.2) is 16.5 Å². The highest BCUT2D eigenvalue weighted by Crippen LogP contribution is 2.26. The zero-order valence-corrected chi connectivity index (χ0v) is 13.4. The van der Waals surface area contributed by atoms with Gasteiger partial charge in [0.2, 0.25) is 0 Å². The van der Waals surface area contributed by atoms with E-state index < -0.39 is 0 Å². The fourth-order valence-corrected chi connectivity index (χ4v) is 1.95. The van der Waals surface area contributed by atoms with Crippen molar-refractivity contribution in [2.24, 2.45) is 0 Å². The maximum Gasteiger partial charge on any atom is 0.138 e. The number of furan rings is 1. The molecular formula is C16H24N4O. The lowest BCUT2D eigenvalue weighted by Crippen LogP contribution is -2.20. The molecule has 0 radical (unpaired) electrons. The van der Waals surface area contributed by atoms with Crippen molar-refractivity contribution < 1.29 is 4.42 Å². The maximum atomic E-state index is 5.35. The number of nitrogens with zero attached hydrogens (tertiary/aromatic N) is 2. The first-order valence-electron chi connectivity index (χ1n) is 7.31. The molecular weight excluding hydrogens is 264 g/mol. The Morgan fingerprint density at radius 1 is 1.14 bits per heavy atom. The van der Waals surface area contributed by atoms with Crippen molar-refractivity contribution in [1.82, 2.24) is 9.97 Å². The summed E-state index contributed by atoms with van der Waals surface area (Å²) in [6.45, 7) is 11.9. The highest BCUT2D eigenvalue weighted by molar-refractivity contribution is 5.57. The van der Waals surface area contributed by atoms with Crippen molar-refractivity contribution in [2.45, 2.75) is 46.6 Å². The van der Waals surface area contributed by atoms with E-state index in [1.54, 1.807) is 6.26 Å². The summed E-state index contributed by atoms with van der Waals surface area (Å²) < 4.78 is 5.35. The van der Waals surface area contributed by atoms with Crippen LogP contribution in [-0.2, 0) is 12.0 Å². The molecule has 2 aromatic heterocycles. The van der Waals surface area contributed by atoms with Crippen LogP contribution in [0.1, 0.15) is 44.8 Å². The number of hydrogen-bond donors (Lipinski definition) is 2. The lowest BCUT2D eigenvalue weighted by atomic mass is 9.95. The van der Waals surface area contributed by atoms with E-state index in [0.29, 0.717) is 6.54 Å². The molecule has 114 valence electrons. The SMILES string of the molecule is CCNc1nc(C(C)(C)C)nc(NCc2ccco2)c1C. The zero-order valence-electron chi connectivity index (χ0n) is 13.4. The van der Waals surface area contributed by atoms with Crippen LogP contribution >= 0.6 is 0 Å². The first-order valence-corrected chi connectivity index (χ1v) is 7.31. The van der Waals surface area contributed by atoms with Gasteiger partial charge in [-0.15, -0.1) is 0 Å². The minimum atomic E-state index is -0.0982. The number of hydrogen-bond acceptors (Lipinski definition) is 5. The van der Waals surface area contributed by atoms with Crippen molar-refractivity contribution in [3.8, 4) is 0 Å². The Kier molecular flexibility index (Phi) is 4.50. The molecule has 0 aromatic carbocycles. The summed E-state index contributed by atoms with van der Waals surface area (Å²) in [6.07, 6.45) is 1.68. The molecule has 0 unspecified atom stereocenters. The van der Waals surface area contributed by atoms with Crippen LogP contribution in [0, 0.1) is 6.92 Å². The van der Waals surface area contributed by atoms with E-state index in [9.17, 15) is 0 Å². The van der Waals surface area contributed by atoms with Crippen LogP contribution in [0.4, 0.5) is 11.6 Å². The van der Waals surface area contributed by atoms with Gasteiger partial charge in [-0.25, -0.2) is 9.97 Å². The Labute approximate surface area is 126 Å². The number of rotatable bonds is 5. The number of aromatic nitrogens is 2. The predicted molar refractivity (Wildman–Crippen MR) is 85.7 cm³/mol. The van der Waals surface area contributed by atoms with Gasteiger partial charge in [0.15, 0.2) is 0 Å². The maximum absolute atomic E-state index is 5.35. The molecule has 0 saturated carbocycles. The van der Waals surface area contributed by atoms with Crippen LogP contribution in [0.3, 0.4) is 0 Å². The van der Waals surface area contributed by atoms with E-state index >= 15 is 0 Å². The minimum Gasteiger partial charge on any atom is -0.467 e. The van der Waals surface area contributed by atoms with E-state index in [-0.39, 0.29) is 5.41 Å². The van der Waals surface area contributed by atoms with Gasteiger partial charge in [-0.05, 0) is 26.0 Å². The van der Waals surface area contributed by atoms with E-state index in [0.717, 1.165) is 35.3 Å². The number of anilines is 2. The Balaban J connectivity index is 2.31. The van der Waals surface area contributed by atoms with Crippen molar-refractivity contribution in [1.29, 1.82) is 0 Å². The fourth-order valence-electron chi connectivity index (χ4n) is 1.95. The molecule has 5 nitrogen and oxygen atoms in total. The van der Waals surface area contributed by atoms with E-state index in [1.807, 2.05) is 19.1 Å². The average molecular weight is 288 g/mol. The molecule has 0 atom stereocenters. The van der Waals surface area contributed by atoms with Crippen LogP contribution < -0.4 is 10.6 Å². The normalized spacial score (nSPS) is 11.5. The molecule has 21 heavy (non-hydrogen) atoms. The van der Waals surface area contributed by atoms with Crippen LogP contribution in [0.5, 0.6) is 0 Å². The molecule has 0 saturated heterocycles. The van der Waals surface area contributed by atoms with E-state index in [4.69, 9.17) is 4.42 Å². The molecule has 2 N–H and O–H groups in total. The van der Waals surface area contributed by atoms with Crippen molar-refractivity contribution in [3.63, 3.8) is 0 Å². The lowest BCUT2D eigenvalue weighted by molar-refractivity contribution is 0.517. The average Bonchev–Trinajstić information content (AvgIpc) is 2.91. The van der Waals surface area contributed by atoms with Gasteiger partial charge < -0.3 is 15.1 Å². The van der Waals surface area contributed by atoms with Gasteiger partial charge in [-0.2, -0.15) is 0 Å². The second-order valence-electron chi connectivity index (χ2n) is 6.08. The lowest BCUT2D eigenvalue weighted by Gasteiger charge is -2.21. The Hall–Kier alpha value is -2.04. The predicted octanol–water partition coefficient (Wildman–Crippen LogP) is 3.72. The van der Waals surface area contributed by atoms with Gasteiger partial charge in [0.1, 0.15) is 23.2 Å². The topological polar surface area (TPSA) is 63.0 Å². The molecule has 0 fully saturated rings. The van der Waals surface area contributed by atoms with Gasteiger partial charge in [-0.1, -0.05) is 20.8 Å². The molecule has 0 aliphatic carbocycles. The first kappa shape index (κ1) is 15.4. The molecule has 2 rings (SSSR count). The van der Waals surface area contributed by atoms with Crippen molar-refractivity contribution in [2.75, 3.05) is 17.2 Å². The number of nitrogens with one attached hydrogen (secondary N) is 2. The second-order valence-corrected chi connectivity index (χ2v) is 6.08. The third-order valence-corrected chi connectivity index (χ3v) is 3.17. The Morgan fingerprint density at radius 3 is 2.33 bits per heavy atom. The minimum absolute atomic E-state index is 0.0982. The van der Waals surface area contributed by atoms with Crippen molar-refractivity contribution >= 4 is 11.6 Å². The Bertz CT molecular complexity index is 585. The van der Waals surface area contributed by atoms with E-state index in [1.165, 1.54) is 0 Å². The van der Waals surface area contributed by atoms with Gasteiger partial charge in [0.05, 0.1) is 12.8 Å². The molecule has 2 aromatic rings. The van der Waals surface area contributed by atoms with Crippen molar-refractivity contribution in [3.05, 3.63) is 35.5 Å². The van der Waals surface area contributed by atoms with Gasteiger partial charge in [-0.3, -0.25) is 0 Å². The summed E-state index contributed by atoms with van der Waals surface area (Å²) in [5.41, 5.74) is 0.926. The third-order valence-electron chi connectivity index (χ3n) is 3.17. The summed E-state index contributed by atoms with van der Waals surface area (Å²) >= 11 is 0. The zero-order chi connectivity index (χ0) is 15.5. The van der Waals surface area contributed by atoms with Crippen LogP contribution in [0.25, 0.3) is 0 Å². The molecule has 5 heteroatoms. The molecule has 0 bridgehead atoms. The van der Waals surface area contributed by atoms with Gasteiger partial charge in [0.25, 0.3) is 0 Å². The van der Waals surface area contributed by atoms with Gasteiger partial charge in [0, 0.05) is 17.5 Å². The molecule has 0 aliphatic rings. The highest BCUT2D eigenvalue weighted by atomic mass is 16.3. The largest absolute Gasteiger partial charge is 0.467 e. The summed E-state index contributed by atoms with van der Waals surface area (Å²) in [4.78, 5) is 9.34. The third kappa shape index (κ3) is 3.74. The fraction of sp³-hybridized carbons (Fsp3) is 0.500. The second kappa shape index (κ2) is 6.16.